The van der Waals surface area contributed by atoms with Crippen LogP contribution in [0.2, 0.25) is 0 Å². The normalized spacial score (nSPS) is 11.1. The molecule has 0 aromatic heterocycles. The summed E-state index contributed by atoms with van der Waals surface area (Å²) < 4.78 is 23.1. The van der Waals surface area contributed by atoms with Crippen molar-refractivity contribution in [1.82, 2.24) is 0 Å². The molecule has 0 unspecified atom stereocenters. The molecule has 0 saturated carbocycles. The van der Waals surface area contributed by atoms with Crippen molar-refractivity contribution in [2.75, 3.05) is 13.7 Å². The van der Waals surface area contributed by atoms with Crippen LogP contribution in [-0.4, -0.2) is 25.4 Å². The molecular weight excluding hydrogens is 223 g/mol. The zero-order valence-electron chi connectivity index (χ0n) is 10.3. The zero-order chi connectivity index (χ0) is 12.9. The van der Waals surface area contributed by atoms with E-state index in [0.717, 1.165) is 0 Å². The van der Waals surface area contributed by atoms with Crippen LogP contribution in [-0.2, 0) is 4.74 Å². The van der Waals surface area contributed by atoms with Gasteiger partial charge in [-0.2, -0.15) is 0 Å². The summed E-state index contributed by atoms with van der Waals surface area (Å²) in [6, 6.07) is 6.58. The fourth-order valence-corrected chi connectivity index (χ4v) is 1.20. The first-order chi connectivity index (χ1) is 7.92. The molecule has 0 aliphatic carbocycles. The van der Waals surface area contributed by atoms with E-state index in [2.05, 4.69) is 0 Å². The number of hydrogen-bond acceptors (Lipinski definition) is 3. The lowest BCUT2D eigenvalue weighted by molar-refractivity contribution is 0.0432. The Balaban J connectivity index is 2.47. The van der Waals surface area contributed by atoms with Crippen LogP contribution in [0.25, 0.3) is 0 Å². The number of methoxy groups -OCH3 is 1. The van der Waals surface area contributed by atoms with Gasteiger partial charge in [-0.25, -0.2) is 9.18 Å². The minimum atomic E-state index is -1.32. The Hall–Kier alpha value is -1.58. The highest BCUT2D eigenvalue weighted by Crippen LogP contribution is 2.15. The van der Waals surface area contributed by atoms with Gasteiger partial charge < -0.3 is 9.47 Å². The van der Waals surface area contributed by atoms with Crippen molar-refractivity contribution in [3.8, 4) is 5.75 Å². The maximum Gasteiger partial charge on any atom is 0.338 e. The van der Waals surface area contributed by atoms with Gasteiger partial charge in [0.2, 0.25) is 0 Å². The topological polar surface area (TPSA) is 35.5 Å². The van der Waals surface area contributed by atoms with E-state index >= 15 is 0 Å². The van der Waals surface area contributed by atoms with Crippen LogP contribution in [0.1, 0.15) is 30.6 Å². The fraction of sp³-hybridized carbons (Fsp3) is 0.462. The molecule has 1 aromatic rings. The van der Waals surface area contributed by atoms with Crippen molar-refractivity contribution in [2.45, 2.75) is 25.9 Å². The van der Waals surface area contributed by atoms with Gasteiger partial charge in [0.05, 0.1) is 19.3 Å². The molecule has 0 heterocycles. The average molecular weight is 240 g/mol. The van der Waals surface area contributed by atoms with Gasteiger partial charge in [-0.3, -0.25) is 0 Å². The molecule has 4 heteroatoms. The maximum atomic E-state index is 13.1. The van der Waals surface area contributed by atoms with Gasteiger partial charge in [0.15, 0.2) is 0 Å². The zero-order valence-corrected chi connectivity index (χ0v) is 10.3. The Labute approximate surface area is 101 Å². The summed E-state index contributed by atoms with van der Waals surface area (Å²) in [4.78, 5) is 11.5. The molecule has 0 amide bonds. The van der Waals surface area contributed by atoms with Gasteiger partial charge in [-0.15, -0.1) is 0 Å². The highest BCUT2D eigenvalue weighted by molar-refractivity contribution is 5.89. The van der Waals surface area contributed by atoms with E-state index in [1.807, 2.05) is 0 Å². The van der Waals surface area contributed by atoms with Crippen LogP contribution in [0.4, 0.5) is 4.39 Å². The quantitative estimate of drug-likeness (QED) is 0.742. The van der Waals surface area contributed by atoms with Crippen LogP contribution in [0.15, 0.2) is 24.3 Å². The van der Waals surface area contributed by atoms with Gasteiger partial charge in [-0.05, 0) is 38.1 Å². The standard InChI is InChI=1S/C13H17FO3/c1-13(2,14)8-9-17-12(15)10-4-6-11(16-3)7-5-10/h4-7H,8-9H2,1-3H3. The lowest BCUT2D eigenvalue weighted by Crippen LogP contribution is -2.17. The molecule has 17 heavy (non-hydrogen) atoms. The number of hydrogen-bond donors (Lipinski definition) is 0. The van der Waals surface area contributed by atoms with Crippen LogP contribution in [0.3, 0.4) is 0 Å². The number of esters is 1. The third-order valence-electron chi connectivity index (χ3n) is 2.26. The second-order valence-electron chi connectivity index (χ2n) is 4.33. The first-order valence-corrected chi connectivity index (χ1v) is 5.42. The molecule has 0 N–H and O–H groups in total. The molecule has 0 bridgehead atoms. The van der Waals surface area contributed by atoms with Crippen molar-refractivity contribution < 1.29 is 18.7 Å². The Morgan fingerprint density at radius 2 is 1.88 bits per heavy atom. The lowest BCUT2D eigenvalue weighted by atomic mass is 10.1. The van der Waals surface area contributed by atoms with E-state index in [4.69, 9.17) is 9.47 Å². The second-order valence-corrected chi connectivity index (χ2v) is 4.33. The van der Waals surface area contributed by atoms with E-state index in [0.29, 0.717) is 11.3 Å². The van der Waals surface area contributed by atoms with E-state index < -0.39 is 11.6 Å². The molecule has 1 rings (SSSR count). The molecule has 94 valence electrons. The van der Waals surface area contributed by atoms with E-state index in [9.17, 15) is 9.18 Å². The molecule has 0 fully saturated rings. The molecule has 0 aliphatic heterocycles. The Morgan fingerprint density at radius 1 is 1.29 bits per heavy atom. The van der Waals surface area contributed by atoms with Gasteiger partial charge in [0.25, 0.3) is 0 Å². The summed E-state index contributed by atoms with van der Waals surface area (Å²) in [5.74, 6) is 0.225. The predicted molar refractivity (Wildman–Crippen MR) is 63.1 cm³/mol. The SMILES string of the molecule is COc1ccc(C(=O)OCCC(C)(C)F)cc1. The van der Waals surface area contributed by atoms with Crippen molar-refractivity contribution in [1.29, 1.82) is 0 Å². The fourth-order valence-electron chi connectivity index (χ4n) is 1.20. The summed E-state index contributed by atoms with van der Waals surface area (Å²) in [5, 5.41) is 0. The average Bonchev–Trinajstić information content (AvgIpc) is 2.27. The van der Waals surface area contributed by atoms with Gasteiger partial charge in [0, 0.05) is 6.42 Å². The third kappa shape index (κ3) is 4.85. The molecule has 3 nitrogen and oxygen atoms in total. The lowest BCUT2D eigenvalue weighted by Gasteiger charge is -2.13. The van der Waals surface area contributed by atoms with E-state index in [-0.39, 0.29) is 13.0 Å². The Kier molecular flexibility index (Phi) is 4.49. The number of alkyl halides is 1. The van der Waals surface area contributed by atoms with Crippen molar-refractivity contribution in [3.05, 3.63) is 29.8 Å². The molecule has 0 atom stereocenters. The van der Waals surface area contributed by atoms with Crippen LogP contribution in [0.5, 0.6) is 5.75 Å². The third-order valence-corrected chi connectivity index (χ3v) is 2.26. The summed E-state index contributed by atoms with van der Waals surface area (Å²) in [7, 11) is 1.55. The molecule has 0 radical (unpaired) electrons. The van der Waals surface area contributed by atoms with Crippen LogP contribution < -0.4 is 4.74 Å². The highest BCUT2D eigenvalue weighted by Gasteiger charge is 2.16. The van der Waals surface area contributed by atoms with Gasteiger partial charge in [-0.1, -0.05) is 0 Å². The minimum Gasteiger partial charge on any atom is -0.497 e. The van der Waals surface area contributed by atoms with Gasteiger partial charge >= 0.3 is 5.97 Å². The van der Waals surface area contributed by atoms with Gasteiger partial charge in [0.1, 0.15) is 11.4 Å². The van der Waals surface area contributed by atoms with Crippen LogP contribution in [0, 0.1) is 0 Å². The Bertz CT molecular complexity index is 365. The molecular formula is C13H17FO3. The van der Waals surface area contributed by atoms with Crippen molar-refractivity contribution in [2.24, 2.45) is 0 Å². The first-order valence-electron chi connectivity index (χ1n) is 5.42. The predicted octanol–water partition coefficient (Wildman–Crippen LogP) is 2.99. The summed E-state index contributed by atoms with van der Waals surface area (Å²) in [5.41, 5.74) is -0.886. The number of carbonyl (C=O) groups excluding carboxylic acids is 1. The monoisotopic (exact) mass is 240 g/mol. The number of rotatable bonds is 5. The van der Waals surface area contributed by atoms with E-state index in [1.54, 1.807) is 31.4 Å². The number of benzene rings is 1. The molecule has 0 spiro atoms. The number of halogens is 1. The summed E-state index contributed by atoms with van der Waals surface area (Å²) >= 11 is 0. The summed E-state index contributed by atoms with van der Waals surface area (Å²) in [6.07, 6.45) is 0.189. The second kappa shape index (κ2) is 5.66. The first kappa shape index (κ1) is 13.5. The largest absolute Gasteiger partial charge is 0.497 e. The molecule has 0 aliphatic rings. The molecule has 0 saturated heterocycles. The smallest absolute Gasteiger partial charge is 0.338 e. The van der Waals surface area contributed by atoms with Crippen molar-refractivity contribution in [3.63, 3.8) is 0 Å². The number of carbonyl (C=O) groups is 1. The maximum absolute atomic E-state index is 13.1. The molecule has 1 aromatic carbocycles. The highest BCUT2D eigenvalue weighted by atomic mass is 19.1. The Morgan fingerprint density at radius 3 is 2.35 bits per heavy atom. The summed E-state index contributed by atoms with van der Waals surface area (Å²) in [6.45, 7) is 2.98. The minimum absolute atomic E-state index is 0.0777. The van der Waals surface area contributed by atoms with Crippen LogP contribution >= 0.6 is 0 Å². The van der Waals surface area contributed by atoms with Crippen molar-refractivity contribution >= 4 is 5.97 Å². The number of ether oxygens (including phenoxy) is 2. The van der Waals surface area contributed by atoms with E-state index in [1.165, 1.54) is 13.8 Å².